The van der Waals surface area contributed by atoms with Gasteiger partial charge in [0.2, 0.25) is 0 Å². The van der Waals surface area contributed by atoms with Gasteiger partial charge < -0.3 is 15.4 Å². The summed E-state index contributed by atoms with van der Waals surface area (Å²) in [4.78, 5) is 48.0. The van der Waals surface area contributed by atoms with Gasteiger partial charge in [0.15, 0.2) is 6.10 Å². The van der Waals surface area contributed by atoms with Gasteiger partial charge in [-0.25, -0.2) is 9.59 Å². The number of hydrogen-bond acceptors (Lipinski definition) is 6. The molecule has 0 aromatic heterocycles. The first-order valence-electron chi connectivity index (χ1n) is 8.53. The molecular formula is C18H25N3O5S. The van der Waals surface area contributed by atoms with Gasteiger partial charge >= 0.3 is 12.0 Å². The van der Waals surface area contributed by atoms with Crippen LogP contribution in [-0.4, -0.2) is 54.5 Å². The summed E-state index contributed by atoms with van der Waals surface area (Å²) in [6.45, 7) is 3.42. The standard InChI is InChI=1S/C18H25N3O5S/c1-4-19-18(25)21-15(22)12(2)26-17(24)14(10-11-27-3)20-16(23)13-8-6-5-7-9-13/h5-9,12,14H,4,10-11H2,1-3H3,(H,20,23)(H2,19,21,22,25). The summed E-state index contributed by atoms with van der Waals surface area (Å²) < 4.78 is 5.13. The van der Waals surface area contributed by atoms with Crippen molar-refractivity contribution < 1.29 is 23.9 Å². The van der Waals surface area contributed by atoms with E-state index in [1.807, 2.05) is 6.26 Å². The Balaban J connectivity index is 2.69. The van der Waals surface area contributed by atoms with Crippen molar-refractivity contribution in [3.63, 3.8) is 0 Å². The van der Waals surface area contributed by atoms with Gasteiger partial charge in [-0.05, 0) is 44.4 Å². The molecule has 0 aliphatic rings. The Kier molecular flexibility index (Phi) is 9.95. The SMILES string of the molecule is CCNC(=O)NC(=O)C(C)OC(=O)C(CCSC)NC(=O)c1ccccc1. The second-order valence-electron chi connectivity index (χ2n) is 5.60. The van der Waals surface area contributed by atoms with E-state index in [-0.39, 0.29) is 0 Å². The molecule has 0 radical (unpaired) electrons. The molecule has 0 bridgehead atoms. The zero-order valence-electron chi connectivity index (χ0n) is 15.6. The Morgan fingerprint density at radius 2 is 1.81 bits per heavy atom. The van der Waals surface area contributed by atoms with Gasteiger partial charge in [0, 0.05) is 12.1 Å². The average molecular weight is 395 g/mol. The molecule has 4 amide bonds. The van der Waals surface area contributed by atoms with Crippen LogP contribution in [0.1, 0.15) is 30.6 Å². The molecule has 2 atom stereocenters. The van der Waals surface area contributed by atoms with Crippen LogP contribution in [0.3, 0.4) is 0 Å². The number of nitrogens with one attached hydrogen (secondary N) is 3. The third-order valence-electron chi connectivity index (χ3n) is 3.47. The van der Waals surface area contributed by atoms with Crippen molar-refractivity contribution in [3.05, 3.63) is 35.9 Å². The third-order valence-corrected chi connectivity index (χ3v) is 4.12. The molecule has 8 nitrogen and oxygen atoms in total. The molecule has 0 fully saturated rings. The number of rotatable bonds is 9. The smallest absolute Gasteiger partial charge is 0.329 e. The fraction of sp³-hybridized carbons (Fsp3) is 0.444. The number of benzene rings is 1. The average Bonchev–Trinajstić information content (AvgIpc) is 2.65. The van der Waals surface area contributed by atoms with Crippen LogP contribution in [0.15, 0.2) is 30.3 Å². The number of carbonyl (C=O) groups excluding carboxylic acids is 4. The van der Waals surface area contributed by atoms with E-state index in [0.29, 0.717) is 24.3 Å². The summed E-state index contributed by atoms with van der Waals surface area (Å²) >= 11 is 1.52. The molecule has 0 saturated carbocycles. The summed E-state index contributed by atoms with van der Waals surface area (Å²) in [5.41, 5.74) is 0.418. The highest BCUT2D eigenvalue weighted by Crippen LogP contribution is 2.07. The summed E-state index contributed by atoms with van der Waals surface area (Å²) in [7, 11) is 0. The molecule has 0 spiro atoms. The molecule has 0 aliphatic heterocycles. The lowest BCUT2D eigenvalue weighted by molar-refractivity contribution is -0.156. The van der Waals surface area contributed by atoms with Crippen LogP contribution in [0.2, 0.25) is 0 Å². The number of urea groups is 1. The highest BCUT2D eigenvalue weighted by atomic mass is 32.2. The molecule has 27 heavy (non-hydrogen) atoms. The molecule has 2 unspecified atom stereocenters. The Bertz CT molecular complexity index is 654. The van der Waals surface area contributed by atoms with Gasteiger partial charge in [0.25, 0.3) is 11.8 Å². The lowest BCUT2D eigenvalue weighted by atomic mass is 10.1. The molecule has 148 valence electrons. The maximum absolute atomic E-state index is 12.4. The first-order chi connectivity index (χ1) is 12.9. The predicted molar refractivity (Wildman–Crippen MR) is 103 cm³/mol. The van der Waals surface area contributed by atoms with Gasteiger partial charge in [0.05, 0.1) is 0 Å². The first-order valence-corrected chi connectivity index (χ1v) is 9.92. The van der Waals surface area contributed by atoms with Crippen molar-refractivity contribution >= 4 is 35.6 Å². The Morgan fingerprint density at radius 1 is 1.15 bits per heavy atom. The van der Waals surface area contributed by atoms with Gasteiger partial charge in [-0.2, -0.15) is 11.8 Å². The maximum atomic E-state index is 12.4. The summed E-state index contributed by atoms with van der Waals surface area (Å²) in [6, 6.07) is 6.93. The van der Waals surface area contributed by atoms with E-state index in [1.54, 1.807) is 37.3 Å². The van der Waals surface area contributed by atoms with Crippen molar-refractivity contribution in [1.82, 2.24) is 16.0 Å². The number of esters is 1. The minimum Gasteiger partial charge on any atom is -0.451 e. The summed E-state index contributed by atoms with van der Waals surface area (Å²) in [6.07, 6.45) is 1.05. The fourth-order valence-electron chi connectivity index (χ4n) is 2.04. The first kappa shape index (κ1) is 22.5. The van der Waals surface area contributed by atoms with Crippen LogP contribution < -0.4 is 16.0 Å². The minimum absolute atomic E-state index is 0.350. The largest absolute Gasteiger partial charge is 0.451 e. The molecule has 3 N–H and O–H groups in total. The number of ether oxygens (including phenoxy) is 1. The van der Waals surface area contributed by atoms with Gasteiger partial charge in [-0.3, -0.25) is 14.9 Å². The zero-order valence-corrected chi connectivity index (χ0v) is 16.4. The van der Waals surface area contributed by atoms with E-state index in [2.05, 4.69) is 16.0 Å². The van der Waals surface area contributed by atoms with Crippen molar-refractivity contribution in [3.8, 4) is 0 Å². The van der Waals surface area contributed by atoms with Gasteiger partial charge in [-0.15, -0.1) is 0 Å². The summed E-state index contributed by atoms with van der Waals surface area (Å²) in [5, 5.41) is 7.12. The van der Waals surface area contributed by atoms with E-state index in [1.165, 1.54) is 18.7 Å². The van der Waals surface area contributed by atoms with E-state index < -0.39 is 36.0 Å². The molecule has 0 heterocycles. The topological polar surface area (TPSA) is 114 Å². The normalized spacial score (nSPS) is 12.4. The molecule has 0 aliphatic carbocycles. The van der Waals surface area contributed by atoms with Gasteiger partial charge in [0.1, 0.15) is 6.04 Å². The highest BCUT2D eigenvalue weighted by Gasteiger charge is 2.27. The number of carbonyl (C=O) groups is 4. The highest BCUT2D eigenvalue weighted by molar-refractivity contribution is 7.98. The molecule has 9 heteroatoms. The monoisotopic (exact) mass is 395 g/mol. The number of hydrogen-bond donors (Lipinski definition) is 3. The molecular weight excluding hydrogens is 370 g/mol. The van der Waals surface area contributed by atoms with Crippen LogP contribution in [0.4, 0.5) is 4.79 Å². The minimum atomic E-state index is -1.18. The van der Waals surface area contributed by atoms with Crippen molar-refractivity contribution in [2.45, 2.75) is 32.4 Å². The molecule has 1 rings (SSSR count). The van der Waals surface area contributed by atoms with E-state index in [0.717, 1.165) is 0 Å². The quantitative estimate of drug-likeness (QED) is 0.544. The Labute approximate surface area is 162 Å². The van der Waals surface area contributed by atoms with Crippen LogP contribution in [0.5, 0.6) is 0 Å². The van der Waals surface area contributed by atoms with Gasteiger partial charge in [-0.1, -0.05) is 18.2 Å². The predicted octanol–water partition coefficient (Wildman–Crippen LogP) is 1.32. The number of imide groups is 1. The molecule has 0 saturated heterocycles. The third kappa shape index (κ3) is 8.12. The van der Waals surface area contributed by atoms with Crippen LogP contribution >= 0.6 is 11.8 Å². The van der Waals surface area contributed by atoms with E-state index >= 15 is 0 Å². The number of amides is 4. The lowest BCUT2D eigenvalue weighted by Gasteiger charge is -2.20. The molecule has 1 aromatic carbocycles. The van der Waals surface area contributed by atoms with Crippen LogP contribution in [0, 0.1) is 0 Å². The Morgan fingerprint density at radius 3 is 2.41 bits per heavy atom. The van der Waals surface area contributed by atoms with Crippen LogP contribution in [0.25, 0.3) is 0 Å². The fourth-order valence-corrected chi connectivity index (χ4v) is 2.52. The second-order valence-corrected chi connectivity index (χ2v) is 6.59. The van der Waals surface area contributed by atoms with Crippen molar-refractivity contribution in [2.75, 3.05) is 18.6 Å². The van der Waals surface area contributed by atoms with Crippen molar-refractivity contribution in [2.24, 2.45) is 0 Å². The molecule has 1 aromatic rings. The number of thioether (sulfide) groups is 1. The maximum Gasteiger partial charge on any atom is 0.329 e. The van der Waals surface area contributed by atoms with Crippen LogP contribution in [-0.2, 0) is 14.3 Å². The summed E-state index contributed by atoms with van der Waals surface area (Å²) in [5.74, 6) is -1.26. The zero-order chi connectivity index (χ0) is 20.2. The van der Waals surface area contributed by atoms with E-state index in [9.17, 15) is 19.2 Å². The lowest BCUT2D eigenvalue weighted by Crippen LogP contribution is -2.47. The second kappa shape index (κ2) is 11.9. The Hall–Kier alpha value is -2.55. The van der Waals surface area contributed by atoms with E-state index in [4.69, 9.17) is 4.74 Å². The van der Waals surface area contributed by atoms with Crippen molar-refractivity contribution in [1.29, 1.82) is 0 Å².